The van der Waals surface area contributed by atoms with Crippen LogP contribution < -0.4 is 5.73 Å². The van der Waals surface area contributed by atoms with Crippen molar-refractivity contribution in [3.63, 3.8) is 0 Å². The summed E-state index contributed by atoms with van der Waals surface area (Å²) in [7, 11) is 0. The van der Waals surface area contributed by atoms with Crippen molar-refractivity contribution in [2.45, 2.75) is 12.3 Å². The fourth-order valence-corrected chi connectivity index (χ4v) is 2.07. The summed E-state index contributed by atoms with van der Waals surface area (Å²) in [5, 5.41) is 0. The van der Waals surface area contributed by atoms with E-state index in [1.165, 1.54) is 11.1 Å². The molecule has 2 rings (SSSR count). The topological polar surface area (TPSA) is 27.6 Å². The Morgan fingerprint density at radius 3 is 1.50 bits per heavy atom. The Bertz CT molecular complexity index is 394. The highest BCUT2D eigenvalue weighted by Crippen LogP contribution is 2.29. The first-order valence-corrected chi connectivity index (χ1v) is 5.67. The maximum absolute atomic E-state index is 4.11. The fourth-order valence-electron chi connectivity index (χ4n) is 2.07. The molecular weight excluding hydrogens is 194 g/mol. The lowest BCUT2D eigenvalue weighted by atomic mass is 9.76. The van der Waals surface area contributed by atoms with E-state index in [2.05, 4.69) is 73.3 Å². The van der Waals surface area contributed by atoms with Crippen molar-refractivity contribution in [1.82, 2.24) is 0 Å². The minimum Gasteiger partial charge on any atom is -0.357 e. The molecule has 0 spiro atoms. The molecule has 0 atom stereocenters. The van der Waals surface area contributed by atoms with Gasteiger partial charge in [0.25, 0.3) is 0 Å². The monoisotopic (exact) mass is 212 g/mol. The molecule has 0 aliphatic heterocycles. The van der Waals surface area contributed by atoms with Gasteiger partial charge in [-0.15, -0.1) is 0 Å². The maximum Gasteiger partial charge on any atom is 0.0876 e. The van der Waals surface area contributed by atoms with Gasteiger partial charge in [0.15, 0.2) is 0 Å². The largest absolute Gasteiger partial charge is 0.357 e. The zero-order valence-electron chi connectivity index (χ0n) is 9.69. The molecule has 2 aromatic rings. The summed E-state index contributed by atoms with van der Waals surface area (Å²) in [6, 6.07) is 21.2. The zero-order valence-corrected chi connectivity index (χ0v) is 9.69. The second-order valence-corrected chi connectivity index (χ2v) is 4.31. The predicted molar refractivity (Wildman–Crippen MR) is 67.1 cm³/mol. The van der Waals surface area contributed by atoms with E-state index in [4.69, 9.17) is 0 Å². The fraction of sp³-hybridized carbons (Fsp3) is 0.200. The van der Waals surface area contributed by atoms with Crippen molar-refractivity contribution in [1.29, 1.82) is 0 Å². The second kappa shape index (κ2) is 4.50. The van der Waals surface area contributed by atoms with E-state index < -0.39 is 0 Å². The van der Waals surface area contributed by atoms with E-state index in [0.29, 0.717) is 0 Å². The number of quaternary nitrogens is 1. The van der Waals surface area contributed by atoms with Gasteiger partial charge in [0, 0.05) is 0 Å². The highest BCUT2D eigenvalue weighted by molar-refractivity contribution is 5.38. The number of hydrogen-bond acceptors (Lipinski definition) is 0. The summed E-state index contributed by atoms with van der Waals surface area (Å²) >= 11 is 0. The predicted octanol–water partition coefficient (Wildman–Crippen LogP) is 2.23. The van der Waals surface area contributed by atoms with Crippen LogP contribution in [0, 0.1) is 0 Å². The van der Waals surface area contributed by atoms with E-state index in [1.54, 1.807) is 0 Å². The molecule has 2 aromatic carbocycles. The van der Waals surface area contributed by atoms with Crippen LogP contribution in [0.3, 0.4) is 0 Å². The average Bonchev–Trinajstić information content (AvgIpc) is 2.40. The van der Waals surface area contributed by atoms with Crippen molar-refractivity contribution < 1.29 is 5.73 Å². The Hall–Kier alpha value is -1.60. The number of rotatable bonds is 3. The zero-order chi connectivity index (χ0) is 11.4. The van der Waals surface area contributed by atoms with Crippen LogP contribution in [0.4, 0.5) is 0 Å². The van der Waals surface area contributed by atoms with Crippen LogP contribution in [-0.4, -0.2) is 6.54 Å². The summed E-state index contributed by atoms with van der Waals surface area (Å²) in [4.78, 5) is 0. The van der Waals surface area contributed by atoms with Gasteiger partial charge < -0.3 is 5.73 Å². The van der Waals surface area contributed by atoms with Gasteiger partial charge in [0.2, 0.25) is 0 Å². The molecule has 3 N–H and O–H groups in total. The minimum atomic E-state index is 0.0164. The lowest BCUT2D eigenvalue weighted by Crippen LogP contribution is -2.59. The number of hydrogen-bond donors (Lipinski definition) is 1. The third-order valence-electron chi connectivity index (χ3n) is 3.32. The summed E-state index contributed by atoms with van der Waals surface area (Å²) in [5.41, 5.74) is 6.79. The Balaban J connectivity index is 2.49. The summed E-state index contributed by atoms with van der Waals surface area (Å²) in [5.74, 6) is 0. The molecule has 0 bridgehead atoms. The molecule has 16 heavy (non-hydrogen) atoms. The van der Waals surface area contributed by atoms with Crippen molar-refractivity contribution in [3.8, 4) is 0 Å². The quantitative estimate of drug-likeness (QED) is 0.808. The van der Waals surface area contributed by atoms with Crippen molar-refractivity contribution in [2.24, 2.45) is 0 Å². The van der Waals surface area contributed by atoms with E-state index in [9.17, 15) is 0 Å². The van der Waals surface area contributed by atoms with Gasteiger partial charge in [-0.1, -0.05) is 60.7 Å². The normalized spacial score (nSPS) is 11.4. The Labute approximate surface area is 96.9 Å². The molecule has 0 fully saturated rings. The standard InChI is InChI=1S/C15H17N/c1-15(12-16,13-8-4-2-5-9-13)14-10-6-3-7-11-14/h2-11H,12,16H2,1H3/p+1. The molecule has 0 aliphatic carbocycles. The lowest BCUT2D eigenvalue weighted by molar-refractivity contribution is -0.378. The minimum absolute atomic E-state index is 0.0164. The first-order chi connectivity index (χ1) is 7.77. The molecule has 0 radical (unpaired) electrons. The van der Waals surface area contributed by atoms with Gasteiger partial charge in [-0.05, 0) is 18.1 Å². The van der Waals surface area contributed by atoms with Gasteiger partial charge in [-0.2, -0.15) is 0 Å². The Morgan fingerprint density at radius 2 is 1.19 bits per heavy atom. The molecule has 0 saturated heterocycles. The second-order valence-electron chi connectivity index (χ2n) is 4.31. The molecule has 0 unspecified atom stereocenters. The van der Waals surface area contributed by atoms with Crippen LogP contribution in [-0.2, 0) is 5.41 Å². The lowest BCUT2D eigenvalue weighted by Gasteiger charge is -2.27. The smallest absolute Gasteiger partial charge is 0.0876 e. The maximum atomic E-state index is 4.11. The van der Waals surface area contributed by atoms with Gasteiger partial charge in [-0.25, -0.2) is 0 Å². The van der Waals surface area contributed by atoms with E-state index >= 15 is 0 Å². The third kappa shape index (κ3) is 1.86. The molecule has 0 amide bonds. The van der Waals surface area contributed by atoms with Crippen LogP contribution in [0.2, 0.25) is 0 Å². The molecule has 0 saturated carbocycles. The van der Waals surface area contributed by atoms with Gasteiger partial charge >= 0.3 is 0 Å². The Morgan fingerprint density at radius 1 is 0.812 bits per heavy atom. The van der Waals surface area contributed by atoms with Crippen LogP contribution in [0.25, 0.3) is 0 Å². The van der Waals surface area contributed by atoms with Gasteiger partial charge in [0.1, 0.15) is 0 Å². The van der Waals surface area contributed by atoms with Crippen molar-refractivity contribution in [3.05, 3.63) is 71.8 Å². The van der Waals surface area contributed by atoms with E-state index in [-0.39, 0.29) is 5.41 Å². The molecule has 0 heterocycles. The third-order valence-corrected chi connectivity index (χ3v) is 3.32. The number of benzene rings is 2. The van der Waals surface area contributed by atoms with Crippen LogP contribution in [0.1, 0.15) is 18.1 Å². The first kappa shape index (κ1) is 10.9. The van der Waals surface area contributed by atoms with Gasteiger partial charge in [0.05, 0.1) is 12.0 Å². The SMILES string of the molecule is CC(C[NH3+])(c1ccccc1)c1ccccc1. The molecule has 1 nitrogen and oxygen atoms in total. The summed E-state index contributed by atoms with van der Waals surface area (Å²) < 4.78 is 0. The Kier molecular flexibility index (Phi) is 3.07. The van der Waals surface area contributed by atoms with Crippen molar-refractivity contribution >= 4 is 0 Å². The summed E-state index contributed by atoms with van der Waals surface area (Å²) in [6.45, 7) is 3.12. The molecule has 0 aromatic heterocycles. The molecule has 1 heteroatoms. The van der Waals surface area contributed by atoms with E-state index in [0.717, 1.165) is 6.54 Å². The van der Waals surface area contributed by atoms with Crippen LogP contribution in [0.5, 0.6) is 0 Å². The van der Waals surface area contributed by atoms with Crippen molar-refractivity contribution in [2.75, 3.05) is 6.54 Å². The summed E-state index contributed by atoms with van der Waals surface area (Å²) in [6.07, 6.45) is 0. The highest BCUT2D eigenvalue weighted by atomic mass is 14.6. The first-order valence-electron chi connectivity index (χ1n) is 5.67. The molecule has 0 aliphatic rings. The average molecular weight is 212 g/mol. The van der Waals surface area contributed by atoms with E-state index in [1.807, 2.05) is 0 Å². The van der Waals surface area contributed by atoms with Gasteiger partial charge in [-0.3, -0.25) is 0 Å². The molecular formula is C15H18N+. The molecule has 82 valence electrons. The van der Waals surface area contributed by atoms with Crippen LogP contribution in [0.15, 0.2) is 60.7 Å². The van der Waals surface area contributed by atoms with Crippen LogP contribution >= 0.6 is 0 Å². The highest BCUT2D eigenvalue weighted by Gasteiger charge is 2.28.